The van der Waals surface area contributed by atoms with Gasteiger partial charge in [-0.25, -0.2) is 4.79 Å². The monoisotopic (exact) mass is 433 g/mol. The number of nitrogens with zero attached hydrogens (tertiary/aromatic N) is 1. The molecule has 0 aliphatic carbocycles. The Kier molecular flexibility index (Phi) is 7.45. The first-order valence-electron chi connectivity index (χ1n) is 9.14. The second-order valence-corrected chi connectivity index (χ2v) is 8.56. The van der Waals surface area contributed by atoms with Crippen LogP contribution < -0.4 is 0 Å². The van der Waals surface area contributed by atoms with Crippen LogP contribution in [0, 0.1) is 0 Å². The van der Waals surface area contributed by atoms with Crippen molar-refractivity contribution in [3.8, 4) is 0 Å². The number of ether oxygens (including phenoxy) is 1. The summed E-state index contributed by atoms with van der Waals surface area (Å²) < 4.78 is 6.60. The molecule has 0 radical (unpaired) electrons. The molecule has 0 heterocycles. The van der Waals surface area contributed by atoms with Crippen LogP contribution in [0.2, 0.25) is 0 Å². The van der Waals surface area contributed by atoms with Crippen LogP contribution in [0.3, 0.4) is 0 Å². The average Bonchev–Trinajstić information content (AvgIpc) is 2.62. The van der Waals surface area contributed by atoms with Crippen LogP contribution in [-0.4, -0.2) is 34.3 Å². The van der Waals surface area contributed by atoms with Crippen molar-refractivity contribution in [3.05, 3.63) is 70.2 Å². The highest BCUT2D eigenvalue weighted by molar-refractivity contribution is 9.10. The van der Waals surface area contributed by atoms with Crippen molar-refractivity contribution in [2.24, 2.45) is 0 Å². The number of amides is 1. The fraction of sp³-hybridized carbons (Fsp3) is 0.409. The van der Waals surface area contributed by atoms with E-state index in [2.05, 4.69) is 15.9 Å². The first-order valence-corrected chi connectivity index (χ1v) is 9.94. The molecule has 2 aromatic carbocycles. The molecular weight excluding hydrogens is 406 g/mol. The normalized spacial score (nSPS) is 13.7. The predicted molar refractivity (Wildman–Crippen MR) is 112 cm³/mol. The zero-order chi connectivity index (χ0) is 20.0. The van der Waals surface area contributed by atoms with Gasteiger partial charge in [0, 0.05) is 11.0 Å². The van der Waals surface area contributed by atoms with Crippen LogP contribution in [-0.2, 0) is 11.2 Å². The summed E-state index contributed by atoms with van der Waals surface area (Å²) in [5.41, 5.74) is 1.31. The summed E-state index contributed by atoms with van der Waals surface area (Å²) in [7, 11) is 0. The molecule has 2 atom stereocenters. The minimum Gasteiger partial charge on any atom is -0.444 e. The third kappa shape index (κ3) is 6.67. The fourth-order valence-corrected chi connectivity index (χ4v) is 3.05. The average molecular weight is 434 g/mol. The molecule has 2 rings (SSSR count). The quantitative estimate of drug-likeness (QED) is 0.667. The van der Waals surface area contributed by atoms with Gasteiger partial charge in [0.1, 0.15) is 5.60 Å². The Labute approximate surface area is 170 Å². The molecule has 1 N–H and O–H groups in total. The number of aliphatic hydroxyl groups is 1. The Balaban J connectivity index is 2.17. The molecule has 0 saturated heterocycles. The minimum absolute atomic E-state index is 0.415. The Bertz CT molecular complexity index is 725. The maximum atomic E-state index is 12.8. The molecule has 0 unspecified atom stereocenters. The highest BCUT2D eigenvalue weighted by Crippen LogP contribution is 2.23. The van der Waals surface area contributed by atoms with Crippen LogP contribution >= 0.6 is 15.9 Å². The van der Waals surface area contributed by atoms with Gasteiger partial charge in [-0.1, -0.05) is 58.4 Å². The lowest BCUT2D eigenvalue weighted by Crippen LogP contribution is -2.45. The summed E-state index contributed by atoms with van der Waals surface area (Å²) in [5, 5.41) is 10.8. The topological polar surface area (TPSA) is 49.8 Å². The second kappa shape index (κ2) is 9.38. The van der Waals surface area contributed by atoms with Crippen LogP contribution in [0.5, 0.6) is 0 Å². The van der Waals surface area contributed by atoms with Crippen molar-refractivity contribution >= 4 is 22.0 Å². The molecule has 27 heavy (non-hydrogen) atoms. The Morgan fingerprint density at radius 2 is 1.70 bits per heavy atom. The van der Waals surface area contributed by atoms with Crippen molar-refractivity contribution < 1.29 is 14.6 Å². The summed E-state index contributed by atoms with van der Waals surface area (Å²) in [6.07, 6.45) is -0.524. The SMILES string of the molecule is C[C@@H]([C@@H](O)c1ccccc1)N(CCc1ccc(Br)cc1)C(=O)OC(C)(C)C. The van der Waals surface area contributed by atoms with E-state index in [1.54, 1.807) is 4.90 Å². The van der Waals surface area contributed by atoms with E-state index < -0.39 is 23.8 Å². The van der Waals surface area contributed by atoms with E-state index in [9.17, 15) is 9.90 Å². The van der Waals surface area contributed by atoms with Crippen molar-refractivity contribution in [2.45, 2.75) is 51.9 Å². The highest BCUT2D eigenvalue weighted by Gasteiger charge is 2.30. The molecule has 0 spiro atoms. The summed E-state index contributed by atoms with van der Waals surface area (Å²) in [4.78, 5) is 14.4. The van der Waals surface area contributed by atoms with Crippen molar-refractivity contribution in [3.63, 3.8) is 0 Å². The van der Waals surface area contributed by atoms with Gasteiger partial charge in [-0.3, -0.25) is 0 Å². The van der Waals surface area contributed by atoms with Crippen molar-refractivity contribution in [1.29, 1.82) is 0 Å². The smallest absolute Gasteiger partial charge is 0.410 e. The first-order chi connectivity index (χ1) is 12.7. The van der Waals surface area contributed by atoms with E-state index in [4.69, 9.17) is 4.74 Å². The molecule has 0 fully saturated rings. The number of rotatable bonds is 6. The Morgan fingerprint density at radius 3 is 2.26 bits per heavy atom. The van der Waals surface area contributed by atoms with Crippen molar-refractivity contribution in [2.75, 3.05) is 6.54 Å². The summed E-state index contributed by atoms with van der Waals surface area (Å²) in [5.74, 6) is 0. The number of aliphatic hydroxyl groups excluding tert-OH is 1. The van der Waals surface area contributed by atoms with Gasteiger partial charge in [-0.05, 0) is 57.4 Å². The third-order valence-electron chi connectivity index (χ3n) is 4.27. The maximum absolute atomic E-state index is 12.8. The van der Waals surface area contributed by atoms with Gasteiger partial charge in [-0.15, -0.1) is 0 Å². The molecule has 146 valence electrons. The lowest BCUT2D eigenvalue weighted by Gasteiger charge is -2.34. The Hall–Kier alpha value is -1.85. The maximum Gasteiger partial charge on any atom is 0.410 e. The van der Waals surface area contributed by atoms with Crippen LogP contribution in [0.4, 0.5) is 4.79 Å². The number of carbonyl (C=O) groups is 1. The summed E-state index contributed by atoms with van der Waals surface area (Å²) in [6.45, 7) is 7.84. The van der Waals surface area contributed by atoms with Gasteiger partial charge in [0.25, 0.3) is 0 Å². The molecule has 1 amide bonds. The number of hydrogen-bond acceptors (Lipinski definition) is 3. The third-order valence-corrected chi connectivity index (χ3v) is 4.80. The number of hydrogen-bond donors (Lipinski definition) is 1. The molecule has 0 aliphatic rings. The highest BCUT2D eigenvalue weighted by atomic mass is 79.9. The lowest BCUT2D eigenvalue weighted by molar-refractivity contribution is -0.00238. The van der Waals surface area contributed by atoms with Gasteiger partial charge in [0.2, 0.25) is 0 Å². The summed E-state index contributed by atoms with van der Waals surface area (Å²) in [6, 6.07) is 17.0. The molecule has 0 aromatic heterocycles. The number of benzene rings is 2. The lowest BCUT2D eigenvalue weighted by atomic mass is 10.0. The number of carbonyl (C=O) groups excluding carboxylic acids is 1. The van der Waals surface area contributed by atoms with Crippen molar-refractivity contribution in [1.82, 2.24) is 4.90 Å². The molecule has 5 heteroatoms. The second-order valence-electron chi connectivity index (χ2n) is 7.65. The van der Waals surface area contributed by atoms with E-state index in [0.29, 0.717) is 13.0 Å². The zero-order valence-corrected chi connectivity index (χ0v) is 17.9. The van der Waals surface area contributed by atoms with Crippen LogP contribution in [0.25, 0.3) is 0 Å². The van der Waals surface area contributed by atoms with Gasteiger partial charge >= 0.3 is 6.09 Å². The van der Waals surface area contributed by atoms with Gasteiger partial charge in [-0.2, -0.15) is 0 Å². The Morgan fingerprint density at radius 1 is 1.11 bits per heavy atom. The molecule has 4 nitrogen and oxygen atoms in total. The molecule has 0 saturated carbocycles. The summed E-state index contributed by atoms with van der Waals surface area (Å²) >= 11 is 3.43. The predicted octanol–water partition coefficient (Wildman–Crippen LogP) is 5.35. The van der Waals surface area contributed by atoms with E-state index in [1.165, 1.54) is 0 Å². The van der Waals surface area contributed by atoms with Gasteiger partial charge in [0.05, 0.1) is 12.1 Å². The minimum atomic E-state index is -0.788. The molecule has 0 aliphatic heterocycles. The van der Waals surface area contributed by atoms with Gasteiger partial charge in [0.15, 0.2) is 0 Å². The van der Waals surface area contributed by atoms with E-state index >= 15 is 0 Å². The standard InChI is InChI=1S/C22H28BrNO3/c1-16(20(25)18-8-6-5-7-9-18)24(21(26)27-22(2,3)4)15-14-17-10-12-19(23)13-11-17/h5-13,16,20,25H,14-15H2,1-4H3/t16-,20+/m0/s1. The van der Waals surface area contributed by atoms with E-state index in [1.807, 2.05) is 82.3 Å². The first kappa shape index (κ1) is 21.5. The van der Waals surface area contributed by atoms with Gasteiger partial charge < -0.3 is 14.7 Å². The molecule has 0 bridgehead atoms. The molecule has 2 aromatic rings. The van der Waals surface area contributed by atoms with E-state index in [-0.39, 0.29) is 0 Å². The van der Waals surface area contributed by atoms with E-state index in [0.717, 1.165) is 15.6 Å². The molecular formula is C22H28BrNO3. The van der Waals surface area contributed by atoms with Crippen LogP contribution in [0.1, 0.15) is 44.9 Å². The fourth-order valence-electron chi connectivity index (χ4n) is 2.78. The zero-order valence-electron chi connectivity index (χ0n) is 16.4. The largest absolute Gasteiger partial charge is 0.444 e. The number of halogens is 1. The van der Waals surface area contributed by atoms with Crippen LogP contribution in [0.15, 0.2) is 59.1 Å².